The predicted octanol–water partition coefficient (Wildman–Crippen LogP) is 3.42. The van der Waals surface area contributed by atoms with E-state index in [1.54, 1.807) is 49.6 Å². The number of anilines is 1. The van der Waals surface area contributed by atoms with Crippen LogP contribution in [0.15, 0.2) is 64.3 Å². The van der Waals surface area contributed by atoms with Crippen molar-refractivity contribution in [1.82, 2.24) is 14.1 Å². The second kappa shape index (κ2) is 10.7. The molecule has 2 aromatic heterocycles. The summed E-state index contributed by atoms with van der Waals surface area (Å²) in [6.07, 6.45) is 1.85. The van der Waals surface area contributed by atoms with E-state index < -0.39 is 17.2 Å². The molecule has 0 aliphatic rings. The van der Waals surface area contributed by atoms with Crippen LogP contribution in [0.5, 0.6) is 11.5 Å². The number of pyridine rings is 1. The van der Waals surface area contributed by atoms with Crippen LogP contribution in [0.1, 0.15) is 11.1 Å². The maximum atomic E-state index is 13.4. The van der Waals surface area contributed by atoms with Crippen molar-refractivity contribution in [2.75, 3.05) is 19.5 Å². The Hall–Kier alpha value is -4.11. The third kappa shape index (κ3) is 5.11. The molecule has 186 valence electrons. The van der Waals surface area contributed by atoms with Crippen molar-refractivity contribution in [2.24, 2.45) is 0 Å². The zero-order chi connectivity index (χ0) is 25.8. The summed E-state index contributed by atoms with van der Waals surface area (Å²) in [7, 11) is 3.08. The Morgan fingerprint density at radius 1 is 1.03 bits per heavy atom. The molecule has 1 N–H and O–H groups in total. The highest BCUT2D eigenvalue weighted by atomic mass is 35.5. The van der Waals surface area contributed by atoms with Gasteiger partial charge in [0.1, 0.15) is 6.54 Å². The van der Waals surface area contributed by atoms with E-state index in [9.17, 15) is 14.4 Å². The van der Waals surface area contributed by atoms with Crippen LogP contribution in [0, 0.1) is 6.92 Å². The van der Waals surface area contributed by atoms with Gasteiger partial charge in [-0.15, -0.1) is 0 Å². The van der Waals surface area contributed by atoms with Gasteiger partial charge in [-0.1, -0.05) is 23.7 Å². The number of nitrogens with zero attached hydrogens (tertiary/aromatic N) is 3. The van der Waals surface area contributed by atoms with E-state index >= 15 is 0 Å². The lowest BCUT2D eigenvalue weighted by atomic mass is 10.1. The molecular weight excluding hydrogens is 484 g/mol. The van der Waals surface area contributed by atoms with Crippen molar-refractivity contribution < 1.29 is 14.3 Å². The van der Waals surface area contributed by atoms with E-state index in [0.29, 0.717) is 28.6 Å². The number of nitrogens with one attached hydrogen (secondary N) is 1. The molecule has 36 heavy (non-hydrogen) atoms. The molecule has 0 fully saturated rings. The molecule has 10 heteroatoms. The molecular formula is C26H25ClN4O5. The number of benzene rings is 2. The topological polar surface area (TPSA) is 104 Å². The van der Waals surface area contributed by atoms with Gasteiger partial charge in [0.2, 0.25) is 5.91 Å². The molecule has 1 amide bonds. The van der Waals surface area contributed by atoms with Gasteiger partial charge < -0.3 is 14.8 Å². The number of rotatable bonds is 8. The quantitative estimate of drug-likeness (QED) is 0.391. The molecule has 0 aliphatic heterocycles. The Labute approximate surface area is 211 Å². The highest BCUT2D eigenvalue weighted by molar-refractivity contribution is 6.31. The van der Waals surface area contributed by atoms with Gasteiger partial charge in [0, 0.05) is 23.5 Å². The number of aryl methyl sites for hydroxylation is 2. The third-order valence-electron chi connectivity index (χ3n) is 5.82. The van der Waals surface area contributed by atoms with Crippen LogP contribution in [-0.4, -0.2) is 34.2 Å². The van der Waals surface area contributed by atoms with Gasteiger partial charge >= 0.3 is 5.69 Å². The van der Waals surface area contributed by atoms with Crippen LogP contribution < -0.4 is 26.0 Å². The monoisotopic (exact) mass is 508 g/mol. The fourth-order valence-electron chi connectivity index (χ4n) is 3.88. The standard InChI is InChI=1S/C26H25ClN4O5/c1-16-6-8-18(14-19(16)27)29-23(32)15-31-20-5-4-11-28-24(20)25(33)30(26(31)34)12-10-17-7-9-21(35-2)22(13-17)36-3/h4-9,11,13-14H,10,12,15H2,1-3H3,(H,29,32). The van der Waals surface area contributed by atoms with Crippen molar-refractivity contribution in [2.45, 2.75) is 26.4 Å². The lowest BCUT2D eigenvalue weighted by Gasteiger charge is -2.14. The summed E-state index contributed by atoms with van der Waals surface area (Å²) in [4.78, 5) is 43.5. The predicted molar refractivity (Wildman–Crippen MR) is 138 cm³/mol. The average molecular weight is 509 g/mol. The zero-order valence-corrected chi connectivity index (χ0v) is 20.8. The van der Waals surface area contributed by atoms with Crippen molar-refractivity contribution in [3.8, 4) is 11.5 Å². The lowest BCUT2D eigenvalue weighted by molar-refractivity contribution is -0.116. The van der Waals surface area contributed by atoms with Gasteiger partial charge in [0.05, 0.1) is 19.7 Å². The Morgan fingerprint density at radius 2 is 1.81 bits per heavy atom. The number of methoxy groups -OCH3 is 2. The fraction of sp³-hybridized carbons (Fsp3) is 0.231. The van der Waals surface area contributed by atoms with Crippen LogP contribution in [0.25, 0.3) is 11.0 Å². The maximum Gasteiger partial charge on any atom is 0.332 e. The first-order valence-electron chi connectivity index (χ1n) is 11.2. The summed E-state index contributed by atoms with van der Waals surface area (Å²) >= 11 is 6.15. The van der Waals surface area contributed by atoms with Crippen LogP contribution in [0.4, 0.5) is 5.69 Å². The Balaban J connectivity index is 1.66. The molecule has 0 spiro atoms. The number of fused-ring (bicyclic) bond motifs is 1. The van der Waals surface area contributed by atoms with Gasteiger partial charge in [0.15, 0.2) is 17.0 Å². The maximum absolute atomic E-state index is 13.4. The van der Waals surface area contributed by atoms with Gasteiger partial charge in [-0.25, -0.2) is 9.78 Å². The summed E-state index contributed by atoms with van der Waals surface area (Å²) in [6.45, 7) is 1.65. The number of amides is 1. The first kappa shape index (κ1) is 25.0. The third-order valence-corrected chi connectivity index (χ3v) is 6.22. The largest absolute Gasteiger partial charge is 0.493 e. The molecule has 0 saturated carbocycles. The highest BCUT2D eigenvalue weighted by Crippen LogP contribution is 2.27. The van der Waals surface area contributed by atoms with Crippen LogP contribution in [-0.2, 0) is 24.3 Å². The van der Waals surface area contributed by atoms with E-state index in [4.69, 9.17) is 21.1 Å². The van der Waals surface area contributed by atoms with Crippen LogP contribution >= 0.6 is 11.6 Å². The van der Waals surface area contributed by atoms with Crippen molar-refractivity contribution in [1.29, 1.82) is 0 Å². The minimum Gasteiger partial charge on any atom is -0.493 e. The molecule has 0 atom stereocenters. The molecule has 4 aromatic rings. The molecule has 0 aliphatic carbocycles. The summed E-state index contributed by atoms with van der Waals surface area (Å²) in [5.74, 6) is 0.691. The van der Waals surface area contributed by atoms with E-state index in [2.05, 4.69) is 10.3 Å². The minimum atomic E-state index is -0.599. The summed E-state index contributed by atoms with van der Waals surface area (Å²) in [5, 5.41) is 3.27. The molecule has 0 saturated heterocycles. The lowest BCUT2D eigenvalue weighted by Crippen LogP contribution is -2.42. The van der Waals surface area contributed by atoms with Crippen molar-refractivity contribution in [3.05, 3.63) is 91.7 Å². The summed E-state index contributed by atoms with van der Waals surface area (Å²) < 4.78 is 13.0. The van der Waals surface area contributed by atoms with Gasteiger partial charge in [-0.2, -0.15) is 0 Å². The first-order chi connectivity index (χ1) is 17.3. The van der Waals surface area contributed by atoms with E-state index in [1.807, 2.05) is 13.0 Å². The number of hydrogen-bond acceptors (Lipinski definition) is 6. The molecule has 4 rings (SSSR count). The van der Waals surface area contributed by atoms with Crippen LogP contribution in [0.2, 0.25) is 5.02 Å². The van der Waals surface area contributed by atoms with Crippen molar-refractivity contribution >= 4 is 34.2 Å². The van der Waals surface area contributed by atoms with E-state index in [1.165, 1.54) is 17.9 Å². The fourth-order valence-corrected chi connectivity index (χ4v) is 4.07. The Morgan fingerprint density at radius 3 is 2.53 bits per heavy atom. The number of hydrogen-bond donors (Lipinski definition) is 1. The normalized spacial score (nSPS) is 10.9. The minimum absolute atomic E-state index is 0.0921. The van der Waals surface area contributed by atoms with Gasteiger partial charge in [-0.05, 0) is 60.9 Å². The Bertz CT molecular complexity index is 1560. The molecule has 0 bridgehead atoms. The summed E-state index contributed by atoms with van der Waals surface area (Å²) in [5.41, 5.74) is 1.51. The number of aromatic nitrogens is 3. The molecule has 0 unspecified atom stereocenters. The number of halogens is 1. The second-order valence-corrected chi connectivity index (χ2v) is 8.56. The van der Waals surface area contributed by atoms with Crippen LogP contribution in [0.3, 0.4) is 0 Å². The molecule has 2 aromatic carbocycles. The van der Waals surface area contributed by atoms with E-state index in [-0.39, 0.29) is 24.1 Å². The Kier molecular flexibility index (Phi) is 7.40. The van der Waals surface area contributed by atoms with E-state index in [0.717, 1.165) is 15.7 Å². The first-order valence-corrected chi connectivity index (χ1v) is 11.6. The molecule has 9 nitrogen and oxygen atoms in total. The SMILES string of the molecule is COc1ccc(CCn2c(=O)c3ncccc3n(CC(=O)Nc3ccc(C)c(Cl)c3)c2=O)cc1OC. The average Bonchev–Trinajstić information content (AvgIpc) is 2.88. The number of carbonyl (C=O) groups is 1. The molecule has 2 heterocycles. The van der Waals surface area contributed by atoms with Crippen molar-refractivity contribution in [3.63, 3.8) is 0 Å². The highest BCUT2D eigenvalue weighted by Gasteiger charge is 2.17. The molecule has 0 radical (unpaired) electrons. The second-order valence-electron chi connectivity index (χ2n) is 8.15. The smallest absolute Gasteiger partial charge is 0.332 e. The summed E-state index contributed by atoms with van der Waals surface area (Å²) in [6, 6.07) is 13.8. The number of carbonyl (C=O) groups excluding carboxylic acids is 1. The van der Waals surface area contributed by atoms with Gasteiger partial charge in [-0.3, -0.25) is 18.7 Å². The number of ether oxygens (including phenoxy) is 2. The van der Waals surface area contributed by atoms with Gasteiger partial charge in [0.25, 0.3) is 5.56 Å². The zero-order valence-electron chi connectivity index (χ0n) is 20.1.